The zero-order chi connectivity index (χ0) is 14.7. The fourth-order valence-electron chi connectivity index (χ4n) is 2.99. The minimum absolute atomic E-state index is 0.174. The van der Waals surface area contributed by atoms with Crippen LogP contribution in [0.25, 0.3) is 0 Å². The Morgan fingerprint density at radius 1 is 1.30 bits per heavy atom. The minimum atomic E-state index is -0.401. The van der Waals surface area contributed by atoms with Crippen molar-refractivity contribution in [1.82, 2.24) is 9.80 Å². The van der Waals surface area contributed by atoms with E-state index in [9.17, 15) is 5.11 Å². The van der Waals surface area contributed by atoms with Gasteiger partial charge in [0.25, 0.3) is 0 Å². The van der Waals surface area contributed by atoms with Gasteiger partial charge in [-0.15, -0.1) is 0 Å². The molecule has 0 amide bonds. The lowest BCUT2D eigenvalue weighted by atomic mass is 10.0. The van der Waals surface area contributed by atoms with Gasteiger partial charge in [0, 0.05) is 25.2 Å². The van der Waals surface area contributed by atoms with E-state index in [-0.39, 0.29) is 6.04 Å². The molecule has 1 saturated heterocycles. The smallest absolute Gasteiger partial charge is 0.0942 e. The van der Waals surface area contributed by atoms with Gasteiger partial charge in [0.1, 0.15) is 0 Å². The highest BCUT2D eigenvalue weighted by Crippen LogP contribution is 2.25. The van der Waals surface area contributed by atoms with Crippen molar-refractivity contribution in [2.75, 3.05) is 27.2 Å². The second kappa shape index (κ2) is 6.70. The van der Waals surface area contributed by atoms with Crippen LogP contribution >= 0.6 is 0 Å². The number of aliphatic hydroxyl groups is 1. The molecule has 20 heavy (non-hydrogen) atoms. The summed E-state index contributed by atoms with van der Waals surface area (Å²) in [5.41, 5.74) is 2.35. The molecule has 1 N–H and O–H groups in total. The van der Waals surface area contributed by atoms with Gasteiger partial charge in [-0.3, -0.25) is 4.90 Å². The molecule has 0 aromatic heterocycles. The van der Waals surface area contributed by atoms with Gasteiger partial charge in [0.2, 0.25) is 0 Å². The van der Waals surface area contributed by atoms with Crippen molar-refractivity contribution in [3.8, 4) is 0 Å². The monoisotopic (exact) mass is 276 g/mol. The average molecular weight is 276 g/mol. The summed E-state index contributed by atoms with van der Waals surface area (Å²) in [4.78, 5) is 4.69. The molecule has 112 valence electrons. The fraction of sp³-hybridized carbons (Fsp3) is 0.647. The van der Waals surface area contributed by atoms with E-state index in [0.717, 1.165) is 25.1 Å². The molecule has 1 aromatic carbocycles. The first-order valence-corrected chi connectivity index (χ1v) is 7.70. The van der Waals surface area contributed by atoms with Crippen LogP contribution in [0.1, 0.15) is 37.5 Å². The average Bonchev–Trinajstić information content (AvgIpc) is 2.96. The molecule has 1 heterocycles. The number of likely N-dealkylation sites (tertiary alicyclic amines) is 1. The normalized spacial score (nSPS) is 23.2. The maximum Gasteiger partial charge on any atom is 0.0942 e. The highest BCUT2D eigenvalue weighted by Gasteiger charge is 2.30. The number of aliphatic hydroxyl groups excluding tert-OH is 1. The Morgan fingerprint density at radius 3 is 2.45 bits per heavy atom. The first-order valence-electron chi connectivity index (χ1n) is 7.70. The van der Waals surface area contributed by atoms with Crippen LogP contribution in [0.5, 0.6) is 0 Å². The maximum atomic E-state index is 10.6. The zero-order valence-corrected chi connectivity index (χ0v) is 13.2. The number of hydrogen-bond donors (Lipinski definition) is 1. The molecule has 3 atom stereocenters. The second-order valence-corrected chi connectivity index (χ2v) is 6.18. The fourth-order valence-corrected chi connectivity index (χ4v) is 2.99. The van der Waals surface area contributed by atoms with Crippen molar-refractivity contribution in [3.05, 3.63) is 35.4 Å². The largest absolute Gasteiger partial charge is 0.387 e. The summed E-state index contributed by atoms with van der Waals surface area (Å²) < 4.78 is 0. The van der Waals surface area contributed by atoms with Crippen LogP contribution in [0.15, 0.2) is 24.3 Å². The van der Waals surface area contributed by atoms with E-state index in [1.54, 1.807) is 0 Å². The molecule has 3 unspecified atom stereocenters. The Hall–Kier alpha value is -0.900. The number of aryl methyl sites for hydroxylation is 1. The third-order valence-electron chi connectivity index (χ3n) is 4.69. The van der Waals surface area contributed by atoms with Gasteiger partial charge in [-0.25, -0.2) is 0 Å². The maximum absolute atomic E-state index is 10.6. The molecule has 1 aliphatic rings. The molecule has 1 aromatic rings. The molecule has 1 fully saturated rings. The molecule has 0 radical (unpaired) electrons. The molecule has 0 bridgehead atoms. The molecule has 1 aliphatic heterocycles. The van der Waals surface area contributed by atoms with Crippen molar-refractivity contribution in [3.63, 3.8) is 0 Å². The second-order valence-electron chi connectivity index (χ2n) is 6.18. The number of hydrogen-bond acceptors (Lipinski definition) is 3. The third kappa shape index (κ3) is 3.40. The van der Waals surface area contributed by atoms with E-state index in [1.165, 1.54) is 12.0 Å². The van der Waals surface area contributed by atoms with E-state index >= 15 is 0 Å². The topological polar surface area (TPSA) is 26.7 Å². The summed E-state index contributed by atoms with van der Waals surface area (Å²) in [6.45, 7) is 6.42. The van der Waals surface area contributed by atoms with Crippen molar-refractivity contribution in [2.24, 2.45) is 0 Å². The highest BCUT2D eigenvalue weighted by molar-refractivity contribution is 5.25. The molecule has 0 saturated carbocycles. The summed E-state index contributed by atoms with van der Waals surface area (Å²) >= 11 is 0. The first-order chi connectivity index (χ1) is 9.52. The van der Waals surface area contributed by atoms with Crippen LogP contribution in [0, 0.1) is 0 Å². The highest BCUT2D eigenvalue weighted by atomic mass is 16.3. The molecule has 3 nitrogen and oxygen atoms in total. The van der Waals surface area contributed by atoms with E-state index < -0.39 is 6.10 Å². The van der Waals surface area contributed by atoms with Crippen molar-refractivity contribution >= 4 is 0 Å². The Bertz CT molecular complexity index is 416. The summed E-state index contributed by atoms with van der Waals surface area (Å²) in [5.74, 6) is 0. The quantitative estimate of drug-likeness (QED) is 0.894. The predicted molar refractivity (Wildman–Crippen MR) is 83.9 cm³/mol. The van der Waals surface area contributed by atoms with Crippen LogP contribution < -0.4 is 0 Å². The van der Waals surface area contributed by atoms with Crippen LogP contribution in [-0.2, 0) is 6.42 Å². The number of benzene rings is 1. The minimum Gasteiger partial charge on any atom is -0.387 e. The Balaban J connectivity index is 1.99. The summed E-state index contributed by atoms with van der Waals surface area (Å²) in [7, 11) is 4.28. The molecule has 2 rings (SSSR count). The predicted octanol–water partition coefficient (Wildman–Crippen LogP) is 2.31. The van der Waals surface area contributed by atoms with Gasteiger partial charge in [0.15, 0.2) is 0 Å². The van der Waals surface area contributed by atoms with Crippen molar-refractivity contribution in [1.29, 1.82) is 0 Å². The van der Waals surface area contributed by atoms with Gasteiger partial charge in [-0.05, 0) is 45.0 Å². The molecule has 3 heteroatoms. The zero-order valence-electron chi connectivity index (χ0n) is 13.2. The van der Waals surface area contributed by atoms with Gasteiger partial charge >= 0.3 is 0 Å². The molecular weight excluding hydrogens is 248 g/mol. The van der Waals surface area contributed by atoms with Crippen LogP contribution in [0.4, 0.5) is 0 Å². The number of likely N-dealkylation sites (N-methyl/N-ethyl adjacent to an activating group) is 1. The van der Waals surface area contributed by atoms with Gasteiger partial charge < -0.3 is 10.0 Å². The van der Waals surface area contributed by atoms with E-state index in [1.807, 2.05) is 0 Å². The molecular formula is C17H28N2O. The van der Waals surface area contributed by atoms with E-state index in [2.05, 4.69) is 62.0 Å². The first kappa shape index (κ1) is 15.5. The lowest BCUT2D eigenvalue weighted by molar-refractivity contribution is 0.0679. The number of rotatable bonds is 5. The van der Waals surface area contributed by atoms with Gasteiger partial charge in [-0.1, -0.05) is 31.2 Å². The summed E-state index contributed by atoms with van der Waals surface area (Å²) in [5, 5.41) is 10.6. The summed E-state index contributed by atoms with van der Waals surface area (Å²) in [6, 6.07) is 9.17. The standard InChI is InChI=1S/C17H28N2O/c1-5-14-6-8-15(9-7-14)17(20)13(2)19-11-10-16(12-19)18(3)4/h6-9,13,16-17,20H,5,10-12H2,1-4H3. The van der Waals surface area contributed by atoms with Gasteiger partial charge in [-0.2, -0.15) is 0 Å². The van der Waals surface area contributed by atoms with Crippen molar-refractivity contribution in [2.45, 2.75) is 44.9 Å². The SMILES string of the molecule is CCc1ccc(C(O)C(C)N2CCC(N(C)C)C2)cc1. The van der Waals surface area contributed by atoms with Crippen LogP contribution in [0.2, 0.25) is 0 Å². The van der Waals surface area contributed by atoms with Gasteiger partial charge in [0.05, 0.1) is 6.10 Å². The number of nitrogens with zero attached hydrogens (tertiary/aromatic N) is 2. The molecule has 0 aliphatic carbocycles. The summed E-state index contributed by atoms with van der Waals surface area (Å²) in [6.07, 6.45) is 1.84. The van der Waals surface area contributed by atoms with Crippen LogP contribution in [-0.4, -0.2) is 54.2 Å². The lowest BCUT2D eigenvalue weighted by Crippen LogP contribution is -2.38. The van der Waals surface area contributed by atoms with Crippen LogP contribution in [0.3, 0.4) is 0 Å². The Kier molecular flexibility index (Phi) is 5.19. The van der Waals surface area contributed by atoms with E-state index in [4.69, 9.17) is 0 Å². The molecule has 0 spiro atoms. The third-order valence-corrected chi connectivity index (χ3v) is 4.69. The Labute approximate surface area is 123 Å². The lowest BCUT2D eigenvalue weighted by Gasteiger charge is -2.29. The van der Waals surface area contributed by atoms with Crippen molar-refractivity contribution < 1.29 is 5.11 Å². The Morgan fingerprint density at radius 2 is 1.95 bits per heavy atom. The van der Waals surface area contributed by atoms with E-state index in [0.29, 0.717) is 6.04 Å².